The van der Waals surface area contributed by atoms with Crippen LogP contribution in [0.2, 0.25) is 0 Å². The highest BCUT2D eigenvalue weighted by molar-refractivity contribution is 5.80. The Balaban J connectivity index is 2.12. The van der Waals surface area contributed by atoms with E-state index in [0.29, 0.717) is 12.8 Å². The van der Waals surface area contributed by atoms with Gasteiger partial charge in [0.05, 0.1) is 5.92 Å². The lowest BCUT2D eigenvalue weighted by atomic mass is 9.82. The second-order valence-electron chi connectivity index (χ2n) is 4.93. The number of hydrogen-bond donors (Lipinski definition) is 3. The van der Waals surface area contributed by atoms with Crippen LogP contribution in [0.25, 0.3) is 0 Å². The van der Waals surface area contributed by atoms with E-state index in [1.807, 2.05) is 0 Å². The van der Waals surface area contributed by atoms with E-state index in [4.69, 9.17) is 19.6 Å². The molecule has 0 bridgehead atoms. The molecule has 19 heavy (non-hydrogen) atoms. The van der Waals surface area contributed by atoms with Crippen LogP contribution in [0.1, 0.15) is 32.6 Å². The number of amides is 1. The molecule has 8 heteroatoms. The molecule has 0 radical (unpaired) electrons. The smallest absolute Gasteiger partial charge is 0.245 e. The van der Waals surface area contributed by atoms with Gasteiger partial charge in [0, 0.05) is 13.3 Å². The third-order valence-corrected chi connectivity index (χ3v) is 3.13. The summed E-state index contributed by atoms with van der Waals surface area (Å²) in [5, 5.41) is 20.6. The predicted molar refractivity (Wildman–Crippen MR) is 59.7 cm³/mol. The number of hydrogen-bond acceptors (Lipinski definition) is 7. The van der Waals surface area contributed by atoms with E-state index in [1.54, 1.807) is 0 Å². The van der Waals surface area contributed by atoms with Crippen molar-refractivity contribution in [1.82, 2.24) is 5.32 Å². The molecule has 1 atom stereocenters. The monoisotopic (exact) mass is 277 g/mol. The van der Waals surface area contributed by atoms with Crippen molar-refractivity contribution in [2.75, 3.05) is 13.2 Å². The standard InChI is InChI=1S/C11H19NO7/c1-10(14,15)12-9(13)8-4-2-3-5-11(8)18-16-6-7-17-19-11/h8,14-15H,2-7H2,1H3,(H,12,13). The molecule has 0 aromatic carbocycles. The SMILES string of the molecule is CC(O)(O)NC(=O)C1CCCCC12OOCCOO2. The number of nitrogens with one attached hydrogen (secondary N) is 1. The molecular weight excluding hydrogens is 258 g/mol. The molecular formula is C11H19NO7. The second-order valence-corrected chi connectivity index (χ2v) is 4.93. The molecule has 110 valence electrons. The minimum Gasteiger partial charge on any atom is -0.349 e. The van der Waals surface area contributed by atoms with Gasteiger partial charge >= 0.3 is 0 Å². The highest BCUT2D eigenvalue weighted by atomic mass is 17.3. The zero-order chi connectivity index (χ0) is 13.9. The summed E-state index contributed by atoms with van der Waals surface area (Å²) >= 11 is 0. The molecule has 1 heterocycles. The van der Waals surface area contributed by atoms with Crippen LogP contribution in [0, 0.1) is 5.92 Å². The van der Waals surface area contributed by atoms with Crippen LogP contribution in [0.15, 0.2) is 0 Å². The van der Waals surface area contributed by atoms with Crippen LogP contribution in [-0.4, -0.2) is 41.0 Å². The Morgan fingerprint density at radius 1 is 1.26 bits per heavy atom. The third kappa shape index (κ3) is 3.62. The van der Waals surface area contributed by atoms with Crippen LogP contribution >= 0.6 is 0 Å². The highest BCUT2D eigenvalue weighted by Gasteiger charge is 2.51. The lowest BCUT2D eigenvalue weighted by Crippen LogP contribution is -2.56. The Morgan fingerprint density at radius 2 is 1.89 bits per heavy atom. The molecule has 1 saturated carbocycles. The van der Waals surface area contributed by atoms with Gasteiger partial charge in [-0.05, 0) is 12.8 Å². The highest BCUT2D eigenvalue weighted by Crippen LogP contribution is 2.39. The van der Waals surface area contributed by atoms with E-state index in [2.05, 4.69) is 5.32 Å². The van der Waals surface area contributed by atoms with Crippen LogP contribution in [-0.2, 0) is 24.3 Å². The Morgan fingerprint density at radius 3 is 2.47 bits per heavy atom. The first-order valence-corrected chi connectivity index (χ1v) is 6.31. The largest absolute Gasteiger partial charge is 0.349 e. The summed E-state index contributed by atoms with van der Waals surface area (Å²) in [6.07, 6.45) is 2.51. The first kappa shape index (κ1) is 14.6. The molecule has 1 amide bonds. The van der Waals surface area contributed by atoms with Gasteiger partial charge in [0.1, 0.15) is 13.2 Å². The predicted octanol–water partition coefficient (Wildman–Crippen LogP) is -0.443. The minimum absolute atomic E-state index is 0.202. The maximum Gasteiger partial charge on any atom is 0.245 e. The molecule has 0 aromatic heterocycles. The number of carbonyl (C=O) groups excluding carboxylic acids is 1. The molecule has 0 aromatic rings. The lowest BCUT2D eigenvalue weighted by Gasteiger charge is -2.38. The summed E-state index contributed by atoms with van der Waals surface area (Å²) in [6.45, 7) is 1.46. The van der Waals surface area contributed by atoms with E-state index >= 15 is 0 Å². The van der Waals surface area contributed by atoms with E-state index in [0.717, 1.165) is 19.8 Å². The van der Waals surface area contributed by atoms with Crippen LogP contribution < -0.4 is 5.32 Å². The second kappa shape index (κ2) is 5.70. The van der Waals surface area contributed by atoms with Gasteiger partial charge in [-0.25, -0.2) is 9.78 Å². The van der Waals surface area contributed by atoms with E-state index in [1.165, 1.54) is 0 Å². The van der Waals surface area contributed by atoms with Gasteiger partial charge in [-0.3, -0.25) is 4.79 Å². The van der Waals surface area contributed by atoms with Crippen molar-refractivity contribution in [3.63, 3.8) is 0 Å². The molecule has 2 rings (SSSR count). The Kier molecular flexibility index (Phi) is 4.39. The van der Waals surface area contributed by atoms with E-state index < -0.39 is 23.5 Å². The first-order chi connectivity index (χ1) is 8.93. The average molecular weight is 277 g/mol. The summed E-state index contributed by atoms with van der Waals surface area (Å²) in [7, 11) is 0. The summed E-state index contributed by atoms with van der Waals surface area (Å²) in [6, 6.07) is 0. The number of rotatable bonds is 2. The minimum atomic E-state index is -2.29. The van der Waals surface area contributed by atoms with Gasteiger partial charge in [0.2, 0.25) is 17.6 Å². The maximum absolute atomic E-state index is 12.1. The van der Waals surface area contributed by atoms with Gasteiger partial charge < -0.3 is 15.5 Å². The average Bonchev–Trinajstić information content (AvgIpc) is 2.54. The number of aliphatic hydroxyl groups is 2. The molecule has 1 aliphatic carbocycles. The van der Waals surface area contributed by atoms with Crippen molar-refractivity contribution < 1.29 is 34.6 Å². The van der Waals surface area contributed by atoms with E-state index in [-0.39, 0.29) is 13.2 Å². The van der Waals surface area contributed by atoms with Gasteiger partial charge in [-0.1, -0.05) is 6.42 Å². The van der Waals surface area contributed by atoms with Crippen molar-refractivity contribution in [1.29, 1.82) is 0 Å². The molecule has 8 nitrogen and oxygen atoms in total. The third-order valence-electron chi connectivity index (χ3n) is 3.13. The zero-order valence-corrected chi connectivity index (χ0v) is 10.8. The number of carbonyl (C=O) groups is 1. The quantitative estimate of drug-likeness (QED) is 0.464. The normalized spacial score (nSPS) is 27.8. The fraction of sp³-hybridized carbons (Fsp3) is 0.909. The molecule has 1 saturated heterocycles. The van der Waals surface area contributed by atoms with Crippen LogP contribution in [0.4, 0.5) is 0 Å². The summed E-state index contributed by atoms with van der Waals surface area (Å²) < 4.78 is 0. The molecule has 1 aliphatic heterocycles. The van der Waals surface area contributed by atoms with Crippen molar-refractivity contribution in [3.05, 3.63) is 0 Å². The lowest BCUT2D eigenvalue weighted by molar-refractivity contribution is -0.494. The Hall–Kier alpha value is -0.770. The fourth-order valence-electron chi connectivity index (χ4n) is 2.33. The molecule has 1 unspecified atom stereocenters. The van der Waals surface area contributed by atoms with Crippen molar-refractivity contribution in [2.24, 2.45) is 5.92 Å². The topological polar surface area (TPSA) is 106 Å². The van der Waals surface area contributed by atoms with Gasteiger partial charge in [-0.15, -0.1) is 0 Å². The van der Waals surface area contributed by atoms with Gasteiger partial charge in [0.15, 0.2) is 0 Å². The fourth-order valence-corrected chi connectivity index (χ4v) is 2.33. The Labute approximate surface area is 110 Å². The molecule has 1 spiro atoms. The van der Waals surface area contributed by atoms with E-state index in [9.17, 15) is 15.0 Å². The zero-order valence-electron chi connectivity index (χ0n) is 10.8. The summed E-state index contributed by atoms with van der Waals surface area (Å²) in [5.74, 6) is -4.94. The molecule has 3 N–H and O–H groups in total. The molecule has 2 fully saturated rings. The van der Waals surface area contributed by atoms with Gasteiger partial charge in [-0.2, -0.15) is 9.78 Å². The van der Waals surface area contributed by atoms with Crippen molar-refractivity contribution >= 4 is 5.91 Å². The van der Waals surface area contributed by atoms with Crippen LogP contribution in [0.3, 0.4) is 0 Å². The summed E-state index contributed by atoms with van der Waals surface area (Å²) in [4.78, 5) is 32.4. The Bertz CT molecular complexity index is 319. The molecule has 2 aliphatic rings. The first-order valence-electron chi connectivity index (χ1n) is 6.31. The van der Waals surface area contributed by atoms with Gasteiger partial charge in [0.25, 0.3) is 0 Å². The van der Waals surface area contributed by atoms with Crippen molar-refractivity contribution in [2.45, 2.75) is 44.3 Å². The summed E-state index contributed by atoms with van der Waals surface area (Å²) in [5.41, 5.74) is 0. The van der Waals surface area contributed by atoms with Crippen LogP contribution in [0.5, 0.6) is 0 Å². The van der Waals surface area contributed by atoms with Crippen molar-refractivity contribution in [3.8, 4) is 0 Å². The maximum atomic E-state index is 12.1.